The van der Waals surface area contributed by atoms with Gasteiger partial charge < -0.3 is 5.32 Å². The van der Waals surface area contributed by atoms with E-state index in [1.54, 1.807) is 24.3 Å². The van der Waals surface area contributed by atoms with E-state index in [2.05, 4.69) is 25.6 Å². The standard InChI is InChI=1S/C17H17ClN6O3S/c1-12-2-5-14(6-3-12)28(26,27)21-9-8-19-17(25)15-10-13(18)4-7-16(15)24-11-20-22-23-24/h2-7,10-11,21H,8-9H2,1H3,(H,19,25). The van der Waals surface area contributed by atoms with Crippen molar-refractivity contribution in [2.75, 3.05) is 13.1 Å². The number of halogens is 1. The van der Waals surface area contributed by atoms with E-state index in [0.29, 0.717) is 10.7 Å². The highest BCUT2D eigenvalue weighted by atomic mass is 35.5. The Hall–Kier alpha value is -2.82. The number of aromatic nitrogens is 4. The molecule has 0 aliphatic heterocycles. The molecule has 1 aromatic heterocycles. The van der Waals surface area contributed by atoms with E-state index in [0.717, 1.165) is 5.56 Å². The van der Waals surface area contributed by atoms with Crippen LogP contribution in [0.1, 0.15) is 15.9 Å². The molecule has 0 radical (unpaired) electrons. The molecule has 0 spiro atoms. The van der Waals surface area contributed by atoms with Gasteiger partial charge >= 0.3 is 0 Å². The quantitative estimate of drug-likeness (QED) is 0.556. The minimum Gasteiger partial charge on any atom is -0.351 e. The molecular weight excluding hydrogens is 404 g/mol. The number of hydrogen-bond acceptors (Lipinski definition) is 6. The summed E-state index contributed by atoms with van der Waals surface area (Å²) < 4.78 is 28.3. The first-order valence-corrected chi connectivity index (χ1v) is 10.1. The Morgan fingerprint density at radius 2 is 1.89 bits per heavy atom. The van der Waals surface area contributed by atoms with E-state index in [4.69, 9.17) is 11.6 Å². The molecule has 9 nitrogen and oxygen atoms in total. The summed E-state index contributed by atoms with van der Waals surface area (Å²) in [5.41, 5.74) is 1.68. The Morgan fingerprint density at radius 3 is 2.57 bits per heavy atom. The normalized spacial score (nSPS) is 11.4. The number of rotatable bonds is 7. The molecule has 11 heteroatoms. The number of nitrogens with zero attached hydrogens (tertiary/aromatic N) is 4. The number of sulfonamides is 1. The van der Waals surface area contributed by atoms with Crippen molar-refractivity contribution in [3.05, 3.63) is 64.9 Å². The molecule has 0 atom stereocenters. The van der Waals surface area contributed by atoms with Gasteiger partial charge in [-0.05, 0) is 47.7 Å². The van der Waals surface area contributed by atoms with Gasteiger partial charge in [-0.2, -0.15) is 4.68 Å². The lowest BCUT2D eigenvalue weighted by Gasteiger charge is -2.11. The number of benzene rings is 2. The van der Waals surface area contributed by atoms with Crippen LogP contribution in [0, 0.1) is 6.92 Å². The summed E-state index contributed by atoms with van der Waals surface area (Å²) in [6.45, 7) is 1.99. The predicted octanol–water partition coefficient (Wildman–Crippen LogP) is 1.33. The molecule has 0 aliphatic carbocycles. The van der Waals surface area contributed by atoms with Crippen molar-refractivity contribution in [3.63, 3.8) is 0 Å². The summed E-state index contributed by atoms with van der Waals surface area (Å²) in [6.07, 6.45) is 1.36. The third-order valence-electron chi connectivity index (χ3n) is 3.83. The van der Waals surface area contributed by atoms with Crippen LogP contribution in [0.25, 0.3) is 5.69 Å². The molecule has 2 N–H and O–H groups in total. The van der Waals surface area contributed by atoms with Crippen molar-refractivity contribution in [3.8, 4) is 5.69 Å². The van der Waals surface area contributed by atoms with E-state index in [-0.39, 0.29) is 23.5 Å². The lowest BCUT2D eigenvalue weighted by molar-refractivity contribution is 0.0954. The van der Waals surface area contributed by atoms with Gasteiger partial charge in [-0.25, -0.2) is 13.1 Å². The van der Waals surface area contributed by atoms with Crippen LogP contribution in [0.15, 0.2) is 53.7 Å². The third-order valence-corrected chi connectivity index (χ3v) is 5.55. The summed E-state index contributed by atoms with van der Waals surface area (Å²) in [6, 6.07) is 11.2. The number of carbonyl (C=O) groups is 1. The first kappa shape index (κ1) is 19.9. The second-order valence-electron chi connectivity index (χ2n) is 5.88. The summed E-state index contributed by atoms with van der Waals surface area (Å²) in [4.78, 5) is 12.7. The summed E-state index contributed by atoms with van der Waals surface area (Å²) in [7, 11) is -3.64. The fourth-order valence-corrected chi connectivity index (χ4v) is 3.62. The average Bonchev–Trinajstić information content (AvgIpc) is 3.20. The zero-order chi connectivity index (χ0) is 20.1. The molecule has 146 valence electrons. The second-order valence-corrected chi connectivity index (χ2v) is 8.09. The van der Waals surface area contributed by atoms with Gasteiger partial charge in [-0.1, -0.05) is 29.3 Å². The Labute approximate surface area is 166 Å². The number of hydrogen-bond donors (Lipinski definition) is 2. The molecule has 28 heavy (non-hydrogen) atoms. The van der Waals surface area contributed by atoms with Crippen LogP contribution in [-0.2, 0) is 10.0 Å². The van der Waals surface area contributed by atoms with Gasteiger partial charge in [-0.15, -0.1) is 5.10 Å². The largest absolute Gasteiger partial charge is 0.351 e. The van der Waals surface area contributed by atoms with E-state index < -0.39 is 15.9 Å². The van der Waals surface area contributed by atoms with Gasteiger partial charge in [0.1, 0.15) is 6.33 Å². The molecule has 2 aromatic carbocycles. The topological polar surface area (TPSA) is 119 Å². The van der Waals surface area contributed by atoms with Crippen LogP contribution in [-0.4, -0.2) is 47.6 Å². The molecule has 0 saturated heterocycles. The van der Waals surface area contributed by atoms with Crippen molar-refractivity contribution in [1.29, 1.82) is 0 Å². The SMILES string of the molecule is Cc1ccc(S(=O)(=O)NCCNC(=O)c2cc(Cl)ccc2-n2cnnn2)cc1. The monoisotopic (exact) mass is 420 g/mol. The predicted molar refractivity (Wildman–Crippen MR) is 103 cm³/mol. The van der Waals surface area contributed by atoms with Crippen LogP contribution in [0.5, 0.6) is 0 Å². The van der Waals surface area contributed by atoms with Crippen molar-refractivity contribution < 1.29 is 13.2 Å². The van der Waals surface area contributed by atoms with E-state index >= 15 is 0 Å². The van der Waals surface area contributed by atoms with E-state index in [1.165, 1.54) is 29.2 Å². The molecular formula is C17H17ClN6O3S. The zero-order valence-corrected chi connectivity index (χ0v) is 16.4. The Kier molecular flexibility index (Phi) is 6.02. The first-order chi connectivity index (χ1) is 13.4. The lowest BCUT2D eigenvalue weighted by atomic mass is 10.1. The number of aryl methyl sites for hydroxylation is 1. The molecule has 0 aliphatic rings. The maximum atomic E-state index is 12.5. The van der Waals surface area contributed by atoms with Crippen LogP contribution in [0.4, 0.5) is 0 Å². The maximum Gasteiger partial charge on any atom is 0.253 e. The number of nitrogens with one attached hydrogen (secondary N) is 2. The van der Waals surface area contributed by atoms with Gasteiger partial charge in [0.2, 0.25) is 10.0 Å². The van der Waals surface area contributed by atoms with Crippen LogP contribution < -0.4 is 10.0 Å². The molecule has 1 heterocycles. The Bertz CT molecular complexity index is 1070. The summed E-state index contributed by atoms with van der Waals surface area (Å²) in [5, 5.41) is 13.9. The van der Waals surface area contributed by atoms with Gasteiger partial charge in [-0.3, -0.25) is 4.79 Å². The number of carbonyl (C=O) groups excluding carboxylic acids is 1. The molecule has 3 rings (SSSR count). The number of tetrazole rings is 1. The van der Waals surface area contributed by atoms with Crippen molar-refractivity contribution in [2.24, 2.45) is 0 Å². The van der Waals surface area contributed by atoms with Crippen molar-refractivity contribution in [1.82, 2.24) is 30.2 Å². The highest BCUT2D eigenvalue weighted by Gasteiger charge is 2.16. The van der Waals surface area contributed by atoms with Crippen LogP contribution >= 0.6 is 11.6 Å². The highest BCUT2D eigenvalue weighted by molar-refractivity contribution is 7.89. The molecule has 3 aromatic rings. The molecule has 0 fully saturated rings. The zero-order valence-electron chi connectivity index (χ0n) is 14.8. The minimum absolute atomic E-state index is 0.0305. The first-order valence-electron chi connectivity index (χ1n) is 8.24. The van der Waals surface area contributed by atoms with Crippen molar-refractivity contribution in [2.45, 2.75) is 11.8 Å². The van der Waals surface area contributed by atoms with Gasteiger partial charge in [0, 0.05) is 18.1 Å². The fraction of sp³-hybridized carbons (Fsp3) is 0.176. The lowest BCUT2D eigenvalue weighted by Crippen LogP contribution is -2.35. The van der Waals surface area contributed by atoms with Crippen molar-refractivity contribution >= 4 is 27.5 Å². The Balaban J connectivity index is 1.62. The molecule has 1 amide bonds. The van der Waals surface area contributed by atoms with Gasteiger partial charge in [0.15, 0.2) is 0 Å². The summed E-state index contributed by atoms with van der Waals surface area (Å²) >= 11 is 5.99. The van der Waals surface area contributed by atoms with Gasteiger partial charge in [0.25, 0.3) is 5.91 Å². The van der Waals surface area contributed by atoms with E-state index in [9.17, 15) is 13.2 Å². The van der Waals surface area contributed by atoms with E-state index in [1.807, 2.05) is 6.92 Å². The van der Waals surface area contributed by atoms with Gasteiger partial charge in [0.05, 0.1) is 16.1 Å². The smallest absolute Gasteiger partial charge is 0.253 e. The highest BCUT2D eigenvalue weighted by Crippen LogP contribution is 2.18. The second kappa shape index (κ2) is 8.46. The number of amides is 1. The average molecular weight is 421 g/mol. The molecule has 0 saturated carbocycles. The molecule has 0 bridgehead atoms. The molecule has 0 unspecified atom stereocenters. The maximum absolute atomic E-state index is 12.5. The fourth-order valence-electron chi connectivity index (χ4n) is 2.42. The van der Waals surface area contributed by atoms with Crippen LogP contribution in [0.3, 0.4) is 0 Å². The summed E-state index contributed by atoms with van der Waals surface area (Å²) in [5.74, 6) is -0.428. The van der Waals surface area contributed by atoms with Crippen LogP contribution in [0.2, 0.25) is 5.02 Å². The third kappa shape index (κ3) is 4.71. The minimum atomic E-state index is -3.64. The Morgan fingerprint density at radius 1 is 1.14 bits per heavy atom.